The normalized spacial score (nSPS) is 19.1. The number of aliphatic hydroxyl groups is 1. The fraction of sp³-hybridized carbons (Fsp3) is 0.500. The first-order valence-electron chi connectivity index (χ1n) is 6.55. The van der Waals surface area contributed by atoms with Crippen LogP contribution in [0, 0.1) is 0 Å². The number of nitrogen functional groups attached to an aromatic ring is 1. The zero-order valence-corrected chi connectivity index (χ0v) is 11.2. The van der Waals surface area contributed by atoms with Crippen LogP contribution in [0.5, 0.6) is 0 Å². The summed E-state index contributed by atoms with van der Waals surface area (Å²) in [4.78, 5) is 14.0. The van der Waals surface area contributed by atoms with Gasteiger partial charge in [-0.15, -0.1) is 0 Å². The predicted octanol–water partition coefficient (Wildman–Crippen LogP) is 1.05. The van der Waals surface area contributed by atoms with Crippen molar-refractivity contribution in [1.82, 2.24) is 4.90 Å². The van der Waals surface area contributed by atoms with E-state index in [2.05, 4.69) is 5.32 Å². The predicted molar refractivity (Wildman–Crippen MR) is 75.8 cm³/mol. The molecule has 0 unspecified atom stereocenters. The summed E-state index contributed by atoms with van der Waals surface area (Å²) < 4.78 is 0. The summed E-state index contributed by atoms with van der Waals surface area (Å²) >= 11 is 0. The van der Waals surface area contributed by atoms with Gasteiger partial charge in [-0.3, -0.25) is 9.69 Å². The Morgan fingerprint density at radius 3 is 2.68 bits per heavy atom. The van der Waals surface area contributed by atoms with Crippen molar-refractivity contribution < 1.29 is 9.90 Å². The molecule has 1 aliphatic rings. The van der Waals surface area contributed by atoms with Gasteiger partial charge < -0.3 is 16.2 Å². The van der Waals surface area contributed by atoms with Gasteiger partial charge in [0.2, 0.25) is 5.91 Å². The lowest BCUT2D eigenvalue weighted by Gasteiger charge is -2.35. The fourth-order valence-corrected chi connectivity index (χ4v) is 2.20. The van der Waals surface area contributed by atoms with Gasteiger partial charge in [0, 0.05) is 13.1 Å². The second-order valence-corrected chi connectivity index (χ2v) is 5.41. The molecule has 0 spiro atoms. The maximum absolute atomic E-state index is 11.9. The van der Waals surface area contributed by atoms with Crippen LogP contribution in [-0.2, 0) is 4.79 Å². The summed E-state index contributed by atoms with van der Waals surface area (Å²) in [5.74, 6) is -0.0700. The summed E-state index contributed by atoms with van der Waals surface area (Å²) in [5.41, 5.74) is 6.41. The molecule has 0 saturated carbocycles. The van der Waals surface area contributed by atoms with E-state index in [4.69, 9.17) is 5.73 Å². The van der Waals surface area contributed by atoms with Gasteiger partial charge in [-0.05, 0) is 31.9 Å². The minimum atomic E-state index is -0.586. The summed E-state index contributed by atoms with van der Waals surface area (Å²) in [5, 5.41) is 12.7. The Bertz CT molecular complexity index is 450. The first kappa shape index (κ1) is 13.8. The molecular formula is C14H21N3O2. The number of carbonyl (C=O) groups is 1. The standard InChI is InChI=1S/C14H21N3O2/c1-14(19)6-8-17(9-7-14)10-13(18)16-12-5-3-2-4-11(12)15/h2-5,19H,6-10,15H2,1H3,(H,16,18). The smallest absolute Gasteiger partial charge is 0.238 e. The molecular weight excluding hydrogens is 242 g/mol. The molecule has 1 aromatic rings. The van der Waals surface area contributed by atoms with Crippen molar-refractivity contribution in [3.05, 3.63) is 24.3 Å². The van der Waals surface area contributed by atoms with Crippen LogP contribution >= 0.6 is 0 Å². The van der Waals surface area contributed by atoms with Crippen molar-refractivity contribution in [3.63, 3.8) is 0 Å². The number of likely N-dealkylation sites (tertiary alicyclic amines) is 1. The SMILES string of the molecule is CC1(O)CCN(CC(=O)Nc2ccccc2N)CC1. The van der Waals surface area contributed by atoms with Gasteiger partial charge in [0.05, 0.1) is 23.5 Å². The Hall–Kier alpha value is -1.59. The number of para-hydroxylation sites is 2. The number of hydrogen-bond acceptors (Lipinski definition) is 4. The van der Waals surface area contributed by atoms with Crippen LogP contribution in [0.2, 0.25) is 0 Å². The van der Waals surface area contributed by atoms with Crippen molar-refractivity contribution >= 4 is 17.3 Å². The summed E-state index contributed by atoms with van der Waals surface area (Å²) in [6.07, 6.45) is 1.40. The number of piperidine rings is 1. The average Bonchev–Trinajstić information content (AvgIpc) is 2.35. The highest BCUT2D eigenvalue weighted by Gasteiger charge is 2.27. The van der Waals surface area contributed by atoms with Gasteiger partial charge in [-0.2, -0.15) is 0 Å². The van der Waals surface area contributed by atoms with E-state index in [1.165, 1.54) is 0 Å². The van der Waals surface area contributed by atoms with Gasteiger partial charge in [0.15, 0.2) is 0 Å². The van der Waals surface area contributed by atoms with Gasteiger partial charge in [0.1, 0.15) is 0 Å². The molecule has 0 atom stereocenters. The van der Waals surface area contributed by atoms with Gasteiger partial charge >= 0.3 is 0 Å². The van der Waals surface area contributed by atoms with Crippen molar-refractivity contribution in [1.29, 1.82) is 0 Å². The number of hydrogen-bond donors (Lipinski definition) is 3. The van der Waals surface area contributed by atoms with Crippen LogP contribution in [-0.4, -0.2) is 41.1 Å². The van der Waals surface area contributed by atoms with E-state index in [0.29, 0.717) is 30.8 Å². The zero-order valence-electron chi connectivity index (χ0n) is 11.2. The van der Waals surface area contributed by atoms with Gasteiger partial charge in [-0.25, -0.2) is 0 Å². The Morgan fingerprint density at radius 1 is 1.42 bits per heavy atom. The van der Waals surface area contributed by atoms with E-state index in [0.717, 1.165) is 13.1 Å². The first-order valence-corrected chi connectivity index (χ1v) is 6.55. The molecule has 1 saturated heterocycles. The van der Waals surface area contributed by atoms with Crippen molar-refractivity contribution in [2.24, 2.45) is 0 Å². The van der Waals surface area contributed by atoms with E-state index >= 15 is 0 Å². The number of nitrogens with one attached hydrogen (secondary N) is 1. The second-order valence-electron chi connectivity index (χ2n) is 5.41. The molecule has 1 aliphatic heterocycles. The molecule has 1 fully saturated rings. The number of amides is 1. The molecule has 0 radical (unpaired) electrons. The Balaban J connectivity index is 1.84. The molecule has 19 heavy (non-hydrogen) atoms. The van der Waals surface area contributed by atoms with E-state index in [1.807, 2.05) is 24.0 Å². The molecule has 1 aromatic carbocycles. The van der Waals surface area contributed by atoms with Crippen molar-refractivity contribution in [3.8, 4) is 0 Å². The maximum atomic E-state index is 11.9. The number of nitrogens with zero attached hydrogens (tertiary/aromatic N) is 1. The van der Waals surface area contributed by atoms with Crippen LogP contribution in [0.15, 0.2) is 24.3 Å². The third-order valence-electron chi connectivity index (χ3n) is 3.54. The average molecular weight is 263 g/mol. The van der Waals surface area contributed by atoms with Crippen LogP contribution in [0.3, 0.4) is 0 Å². The lowest BCUT2D eigenvalue weighted by atomic mass is 9.94. The minimum Gasteiger partial charge on any atom is -0.397 e. The highest BCUT2D eigenvalue weighted by Crippen LogP contribution is 2.21. The Labute approximate surface area is 113 Å². The lowest BCUT2D eigenvalue weighted by Crippen LogP contribution is -2.45. The number of nitrogens with two attached hydrogens (primary N) is 1. The molecule has 5 heteroatoms. The Morgan fingerprint density at radius 2 is 2.05 bits per heavy atom. The minimum absolute atomic E-state index is 0.0700. The zero-order chi connectivity index (χ0) is 13.9. The molecule has 0 bridgehead atoms. The van der Waals surface area contributed by atoms with E-state index in [-0.39, 0.29) is 5.91 Å². The van der Waals surface area contributed by atoms with E-state index in [9.17, 15) is 9.90 Å². The van der Waals surface area contributed by atoms with Crippen LogP contribution in [0.25, 0.3) is 0 Å². The maximum Gasteiger partial charge on any atom is 0.238 e. The van der Waals surface area contributed by atoms with Gasteiger partial charge in [-0.1, -0.05) is 12.1 Å². The molecule has 1 heterocycles. The third kappa shape index (κ3) is 3.94. The molecule has 0 aromatic heterocycles. The lowest BCUT2D eigenvalue weighted by molar-refractivity contribution is -0.118. The molecule has 5 nitrogen and oxygen atoms in total. The molecule has 0 aliphatic carbocycles. The highest BCUT2D eigenvalue weighted by atomic mass is 16.3. The van der Waals surface area contributed by atoms with E-state index < -0.39 is 5.60 Å². The first-order chi connectivity index (χ1) is 8.96. The quantitative estimate of drug-likeness (QED) is 0.712. The van der Waals surface area contributed by atoms with Crippen LogP contribution < -0.4 is 11.1 Å². The third-order valence-corrected chi connectivity index (χ3v) is 3.54. The topological polar surface area (TPSA) is 78.6 Å². The molecule has 1 amide bonds. The molecule has 104 valence electrons. The summed E-state index contributed by atoms with van der Waals surface area (Å²) in [6.45, 7) is 3.66. The van der Waals surface area contributed by atoms with Gasteiger partial charge in [0.25, 0.3) is 0 Å². The van der Waals surface area contributed by atoms with Crippen molar-refractivity contribution in [2.45, 2.75) is 25.4 Å². The highest BCUT2D eigenvalue weighted by molar-refractivity contribution is 5.95. The molecule has 2 rings (SSSR count). The second kappa shape index (κ2) is 5.59. The van der Waals surface area contributed by atoms with Crippen LogP contribution in [0.4, 0.5) is 11.4 Å². The van der Waals surface area contributed by atoms with Crippen molar-refractivity contribution in [2.75, 3.05) is 30.7 Å². The summed E-state index contributed by atoms with van der Waals surface area (Å²) in [6, 6.07) is 7.21. The number of rotatable bonds is 3. The monoisotopic (exact) mass is 263 g/mol. The largest absolute Gasteiger partial charge is 0.397 e. The Kier molecular flexibility index (Phi) is 4.07. The van der Waals surface area contributed by atoms with E-state index in [1.54, 1.807) is 12.1 Å². The molecule has 4 N–H and O–H groups in total. The number of benzene rings is 1. The summed E-state index contributed by atoms with van der Waals surface area (Å²) in [7, 11) is 0. The van der Waals surface area contributed by atoms with Crippen LogP contribution in [0.1, 0.15) is 19.8 Å². The number of anilines is 2. The fourth-order valence-electron chi connectivity index (χ4n) is 2.20. The number of carbonyl (C=O) groups excluding carboxylic acids is 1.